The van der Waals surface area contributed by atoms with Gasteiger partial charge in [-0.25, -0.2) is 0 Å². The van der Waals surface area contributed by atoms with Crippen molar-refractivity contribution in [2.24, 2.45) is 17.8 Å². The van der Waals surface area contributed by atoms with Crippen molar-refractivity contribution >= 4 is 5.91 Å². The van der Waals surface area contributed by atoms with Crippen molar-refractivity contribution in [1.29, 1.82) is 0 Å². The molecule has 3 heteroatoms. The van der Waals surface area contributed by atoms with E-state index in [0.29, 0.717) is 6.04 Å². The predicted molar refractivity (Wildman–Crippen MR) is 78.9 cm³/mol. The molecule has 2 unspecified atom stereocenters. The lowest BCUT2D eigenvalue weighted by atomic mass is 9.81. The second-order valence-electron chi connectivity index (χ2n) is 6.53. The Hall–Kier alpha value is -0.570. The van der Waals surface area contributed by atoms with Crippen LogP contribution >= 0.6 is 0 Å². The molecule has 2 fully saturated rings. The van der Waals surface area contributed by atoms with Crippen LogP contribution < -0.4 is 10.6 Å². The molecule has 1 aliphatic heterocycles. The summed E-state index contributed by atoms with van der Waals surface area (Å²) in [6.07, 6.45) is 8.82. The third-order valence-electron chi connectivity index (χ3n) is 5.21. The highest BCUT2D eigenvalue weighted by atomic mass is 16.1. The summed E-state index contributed by atoms with van der Waals surface area (Å²) in [7, 11) is 0. The Morgan fingerprint density at radius 1 is 1.16 bits per heavy atom. The average molecular weight is 266 g/mol. The van der Waals surface area contributed by atoms with E-state index in [1.807, 2.05) is 0 Å². The van der Waals surface area contributed by atoms with E-state index in [1.165, 1.54) is 32.1 Å². The monoisotopic (exact) mass is 266 g/mol. The van der Waals surface area contributed by atoms with Gasteiger partial charge in [0.05, 0.1) is 5.92 Å². The van der Waals surface area contributed by atoms with Crippen molar-refractivity contribution in [3.05, 3.63) is 0 Å². The van der Waals surface area contributed by atoms with Crippen LogP contribution in [0, 0.1) is 17.8 Å². The Labute approximate surface area is 117 Å². The van der Waals surface area contributed by atoms with Crippen LogP contribution in [0.4, 0.5) is 0 Å². The molecule has 0 bridgehead atoms. The number of hydrogen-bond acceptors (Lipinski definition) is 2. The first-order chi connectivity index (χ1) is 9.20. The van der Waals surface area contributed by atoms with E-state index >= 15 is 0 Å². The number of piperidine rings is 1. The molecule has 2 atom stereocenters. The molecule has 0 aromatic rings. The van der Waals surface area contributed by atoms with E-state index in [0.717, 1.165) is 37.8 Å². The lowest BCUT2D eigenvalue weighted by molar-refractivity contribution is -0.126. The van der Waals surface area contributed by atoms with Gasteiger partial charge in [0.2, 0.25) is 5.91 Å². The van der Waals surface area contributed by atoms with Gasteiger partial charge in [0.1, 0.15) is 0 Å². The summed E-state index contributed by atoms with van der Waals surface area (Å²) in [4.78, 5) is 12.2. The zero-order valence-corrected chi connectivity index (χ0v) is 12.6. The van der Waals surface area contributed by atoms with Crippen LogP contribution in [-0.2, 0) is 4.79 Å². The van der Waals surface area contributed by atoms with Crippen LogP contribution in [0.25, 0.3) is 0 Å². The summed E-state index contributed by atoms with van der Waals surface area (Å²) < 4.78 is 0. The largest absolute Gasteiger partial charge is 0.356 e. The summed E-state index contributed by atoms with van der Waals surface area (Å²) in [5.41, 5.74) is 0. The maximum Gasteiger partial charge on any atom is 0.224 e. The SMILES string of the molecule is CCC1CCC(CNC(=O)C2CCCNC2C)CC1. The quantitative estimate of drug-likeness (QED) is 0.821. The molecule has 2 rings (SSSR count). The predicted octanol–water partition coefficient (Wildman–Crippen LogP) is 2.71. The van der Waals surface area contributed by atoms with E-state index in [1.54, 1.807) is 0 Å². The molecule has 0 aromatic carbocycles. The molecular formula is C16H30N2O. The molecule has 2 N–H and O–H groups in total. The molecule has 1 saturated heterocycles. The van der Waals surface area contributed by atoms with Crippen LogP contribution in [0.1, 0.15) is 58.8 Å². The average Bonchev–Trinajstić information content (AvgIpc) is 2.46. The van der Waals surface area contributed by atoms with Crippen molar-refractivity contribution in [3.8, 4) is 0 Å². The minimum absolute atomic E-state index is 0.181. The van der Waals surface area contributed by atoms with E-state index < -0.39 is 0 Å². The number of rotatable bonds is 4. The van der Waals surface area contributed by atoms with Gasteiger partial charge in [-0.05, 0) is 51.0 Å². The topological polar surface area (TPSA) is 41.1 Å². The third kappa shape index (κ3) is 4.20. The molecule has 110 valence electrons. The molecule has 0 radical (unpaired) electrons. The second-order valence-corrected chi connectivity index (χ2v) is 6.53. The van der Waals surface area contributed by atoms with Gasteiger partial charge in [0, 0.05) is 12.6 Å². The number of amides is 1. The zero-order chi connectivity index (χ0) is 13.7. The number of nitrogens with one attached hydrogen (secondary N) is 2. The van der Waals surface area contributed by atoms with Crippen molar-refractivity contribution in [2.75, 3.05) is 13.1 Å². The lowest BCUT2D eigenvalue weighted by Crippen LogP contribution is -2.47. The highest BCUT2D eigenvalue weighted by molar-refractivity contribution is 5.79. The van der Waals surface area contributed by atoms with Gasteiger partial charge in [-0.15, -0.1) is 0 Å². The molecule has 0 aromatic heterocycles. The first kappa shape index (κ1) is 14.8. The minimum atomic E-state index is 0.181. The summed E-state index contributed by atoms with van der Waals surface area (Å²) in [6, 6.07) is 0.338. The standard InChI is InChI=1S/C16H30N2O/c1-3-13-6-8-14(9-7-13)11-18-16(19)15-5-4-10-17-12(15)2/h12-15,17H,3-11H2,1-2H3,(H,18,19). The second kappa shape index (κ2) is 7.28. The fourth-order valence-electron chi connectivity index (χ4n) is 3.62. The number of carbonyl (C=O) groups excluding carboxylic acids is 1. The van der Waals surface area contributed by atoms with Gasteiger partial charge in [-0.2, -0.15) is 0 Å². The Bertz CT molecular complexity index is 284. The molecule has 19 heavy (non-hydrogen) atoms. The maximum absolute atomic E-state index is 12.2. The minimum Gasteiger partial charge on any atom is -0.356 e. The number of hydrogen-bond donors (Lipinski definition) is 2. The number of carbonyl (C=O) groups is 1. The molecule has 0 spiro atoms. The molecule has 3 nitrogen and oxygen atoms in total. The van der Waals surface area contributed by atoms with Gasteiger partial charge < -0.3 is 10.6 Å². The van der Waals surface area contributed by atoms with E-state index in [2.05, 4.69) is 24.5 Å². The van der Waals surface area contributed by atoms with Gasteiger partial charge in [0.25, 0.3) is 0 Å². The van der Waals surface area contributed by atoms with Crippen LogP contribution in [0.15, 0.2) is 0 Å². The van der Waals surface area contributed by atoms with Crippen molar-refractivity contribution in [3.63, 3.8) is 0 Å². The normalized spacial score (nSPS) is 35.9. The van der Waals surface area contributed by atoms with Gasteiger partial charge in [-0.1, -0.05) is 26.2 Å². The van der Waals surface area contributed by atoms with Gasteiger partial charge >= 0.3 is 0 Å². The fourth-order valence-corrected chi connectivity index (χ4v) is 3.62. The Morgan fingerprint density at radius 3 is 2.47 bits per heavy atom. The van der Waals surface area contributed by atoms with E-state index in [-0.39, 0.29) is 11.8 Å². The Kier molecular flexibility index (Phi) is 5.68. The van der Waals surface area contributed by atoms with E-state index in [4.69, 9.17) is 0 Å². The lowest BCUT2D eigenvalue weighted by Gasteiger charge is -2.31. The fraction of sp³-hybridized carbons (Fsp3) is 0.938. The summed E-state index contributed by atoms with van der Waals surface area (Å²) in [5.74, 6) is 2.12. The highest BCUT2D eigenvalue weighted by Gasteiger charge is 2.28. The van der Waals surface area contributed by atoms with Gasteiger partial charge in [0.15, 0.2) is 0 Å². The summed E-state index contributed by atoms with van der Waals surface area (Å²) >= 11 is 0. The smallest absolute Gasteiger partial charge is 0.224 e. The molecule has 1 saturated carbocycles. The first-order valence-electron chi connectivity index (χ1n) is 8.21. The van der Waals surface area contributed by atoms with Crippen molar-refractivity contribution < 1.29 is 4.79 Å². The van der Waals surface area contributed by atoms with Crippen molar-refractivity contribution in [2.45, 2.75) is 64.8 Å². The molecule has 1 amide bonds. The van der Waals surface area contributed by atoms with Crippen LogP contribution in [0.2, 0.25) is 0 Å². The Balaban J connectivity index is 1.69. The van der Waals surface area contributed by atoms with Gasteiger partial charge in [-0.3, -0.25) is 4.79 Å². The first-order valence-corrected chi connectivity index (χ1v) is 8.21. The Morgan fingerprint density at radius 2 is 1.84 bits per heavy atom. The van der Waals surface area contributed by atoms with Crippen LogP contribution in [0.5, 0.6) is 0 Å². The van der Waals surface area contributed by atoms with Crippen LogP contribution in [0.3, 0.4) is 0 Å². The third-order valence-corrected chi connectivity index (χ3v) is 5.21. The maximum atomic E-state index is 12.2. The van der Waals surface area contributed by atoms with E-state index in [9.17, 15) is 4.79 Å². The molecule has 2 aliphatic rings. The summed E-state index contributed by atoms with van der Waals surface area (Å²) in [5, 5.41) is 6.61. The molecule has 1 aliphatic carbocycles. The molecular weight excluding hydrogens is 236 g/mol. The molecule has 1 heterocycles. The van der Waals surface area contributed by atoms with Crippen molar-refractivity contribution in [1.82, 2.24) is 10.6 Å². The van der Waals surface area contributed by atoms with Crippen LogP contribution in [-0.4, -0.2) is 25.0 Å². The summed E-state index contributed by atoms with van der Waals surface area (Å²) in [6.45, 7) is 6.39. The highest BCUT2D eigenvalue weighted by Crippen LogP contribution is 2.30. The zero-order valence-electron chi connectivity index (χ0n) is 12.6.